The third kappa shape index (κ3) is 4.05. The van der Waals surface area contributed by atoms with Gasteiger partial charge in [-0.3, -0.25) is 0 Å². The van der Waals surface area contributed by atoms with Crippen LogP contribution in [0.5, 0.6) is 0 Å². The number of thiophene rings is 1. The zero-order valence-corrected chi connectivity index (χ0v) is 30.8. The minimum Gasteiger partial charge on any atom is -0.309 e. The molecule has 0 N–H and O–H groups in total. The van der Waals surface area contributed by atoms with Gasteiger partial charge in [-0.05, 0) is 106 Å². The van der Waals surface area contributed by atoms with Crippen molar-refractivity contribution in [2.24, 2.45) is 0 Å². The molecule has 2 nitrogen and oxygen atoms in total. The number of hydrogen-bond donors (Lipinski definition) is 0. The third-order valence-electron chi connectivity index (χ3n) is 12.1. The highest BCUT2D eigenvalue weighted by atomic mass is 32.1. The Balaban J connectivity index is 1.12. The highest BCUT2D eigenvalue weighted by Crippen LogP contribution is 2.51. The van der Waals surface area contributed by atoms with E-state index in [2.05, 4.69) is 193 Å². The van der Waals surface area contributed by atoms with Gasteiger partial charge in [0.2, 0.25) is 0 Å². The summed E-state index contributed by atoms with van der Waals surface area (Å²) in [4.78, 5) is 0. The first-order valence-electron chi connectivity index (χ1n) is 18.8. The van der Waals surface area contributed by atoms with Crippen LogP contribution in [-0.4, -0.2) is 9.13 Å². The van der Waals surface area contributed by atoms with Crippen LogP contribution in [0.25, 0.3) is 97.4 Å². The summed E-state index contributed by atoms with van der Waals surface area (Å²) in [7, 11) is 0. The van der Waals surface area contributed by atoms with Crippen molar-refractivity contribution in [1.82, 2.24) is 9.13 Å². The number of aromatic nitrogens is 2. The molecule has 0 aliphatic heterocycles. The van der Waals surface area contributed by atoms with E-state index in [0.717, 1.165) is 0 Å². The van der Waals surface area contributed by atoms with Crippen LogP contribution in [0.4, 0.5) is 0 Å². The minimum atomic E-state index is -0.0713. The van der Waals surface area contributed by atoms with Crippen LogP contribution in [-0.2, 0) is 5.41 Å². The Hall–Kier alpha value is -6.42. The predicted octanol–water partition coefficient (Wildman–Crippen LogP) is 14.2. The van der Waals surface area contributed by atoms with Crippen LogP contribution < -0.4 is 0 Å². The van der Waals surface area contributed by atoms with E-state index in [-0.39, 0.29) is 5.41 Å². The molecule has 12 rings (SSSR count). The lowest BCUT2D eigenvalue weighted by molar-refractivity contribution is 0.661. The average Bonchev–Trinajstić information content (AvgIpc) is 3.91. The second-order valence-corrected chi connectivity index (χ2v) is 16.4. The Kier molecular flexibility index (Phi) is 6.03. The third-order valence-corrected chi connectivity index (χ3v) is 13.2. The van der Waals surface area contributed by atoms with Crippen molar-refractivity contribution in [3.05, 3.63) is 181 Å². The first kappa shape index (κ1) is 30.1. The van der Waals surface area contributed by atoms with E-state index in [4.69, 9.17) is 0 Å². The van der Waals surface area contributed by atoms with Gasteiger partial charge in [-0.25, -0.2) is 0 Å². The smallest absolute Gasteiger partial charge is 0.0555 e. The van der Waals surface area contributed by atoms with Crippen molar-refractivity contribution in [2.45, 2.75) is 19.3 Å². The topological polar surface area (TPSA) is 9.86 Å². The van der Waals surface area contributed by atoms with Gasteiger partial charge in [0.1, 0.15) is 0 Å². The lowest BCUT2D eigenvalue weighted by Gasteiger charge is -2.21. The fourth-order valence-electron chi connectivity index (χ4n) is 9.52. The molecule has 0 spiro atoms. The maximum Gasteiger partial charge on any atom is 0.0555 e. The van der Waals surface area contributed by atoms with Gasteiger partial charge < -0.3 is 9.13 Å². The quantitative estimate of drug-likeness (QED) is 0.173. The zero-order chi connectivity index (χ0) is 35.7. The van der Waals surface area contributed by atoms with Gasteiger partial charge in [-0.15, -0.1) is 11.3 Å². The van der Waals surface area contributed by atoms with Crippen molar-refractivity contribution < 1.29 is 0 Å². The fourth-order valence-corrected chi connectivity index (χ4v) is 10.6. The van der Waals surface area contributed by atoms with Crippen LogP contribution in [0.3, 0.4) is 0 Å². The van der Waals surface area contributed by atoms with E-state index in [1.54, 1.807) is 0 Å². The summed E-state index contributed by atoms with van der Waals surface area (Å²) >= 11 is 1.88. The number of hydrogen-bond acceptors (Lipinski definition) is 1. The molecular formula is C51H34N2S. The SMILES string of the molecule is CC1(C)c2ccccc2-c2cc3c4cc(-c5ccc6c7cc8c(cc7n(-c7ccccc7)c6c5)sc5ccccc58)ccc4n(-c4ccccc4)c3cc21. The molecule has 54 heavy (non-hydrogen) atoms. The van der Waals surface area contributed by atoms with E-state index in [1.807, 2.05) is 11.3 Å². The normalized spacial score (nSPS) is 13.5. The molecule has 3 aromatic heterocycles. The first-order chi connectivity index (χ1) is 26.5. The monoisotopic (exact) mass is 706 g/mol. The zero-order valence-electron chi connectivity index (χ0n) is 30.0. The predicted molar refractivity (Wildman–Crippen MR) is 231 cm³/mol. The maximum atomic E-state index is 2.47. The average molecular weight is 707 g/mol. The highest BCUT2D eigenvalue weighted by Gasteiger charge is 2.36. The van der Waals surface area contributed by atoms with Gasteiger partial charge in [0, 0.05) is 58.5 Å². The molecule has 11 aromatic rings. The van der Waals surface area contributed by atoms with Gasteiger partial charge in [-0.1, -0.05) is 111 Å². The summed E-state index contributed by atoms with van der Waals surface area (Å²) in [6.45, 7) is 4.74. The van der Waals surface area contributed by atoms with Crippen molar-refractivity contribution in [2.75, 3.05) is 0 Å². The molecule has 1 aliphatic carbocycles. The van der Waals surface area contributed by atoms with Crippen LogP contribution in [0.15, 0.2) is 170 Å². The molecule has 3 heterocycles. The van der Waals surface area contributed by atoms with Gasteiger partial charge in [0.15, 0.2) is 0 Å². The molecular weight excluding hydrogens is 673 g/mol. The van der Waals surface area contributed by atoms with E-state index < -0.39 is 0 Å². The maximum absolute atomic E-state index is 2.47. The number of rotatable bonds is 3. The first-order valence-corrected chi connectivity index (χ1v) is 19.6. The Morgan fingerprint density at radius 1 is 0.370 bits per heavy atom. The Morgan fingerprint density at radius 3 is 1.80 bits per heavy atom. The van der Waals surface area contributed by atoms with Crippen LogP contribution in [0.1, 0.15) is 25.0 Å². The van der Waals surface area contributed by atoms with Crippen LogP contribution in [0.2, 0.25) is 0 Å². The standard InChI is InChI=1S/C51H34N2S/c1-51(2)43-19-11-9-17-35(43)38-27-41-39-25-31(22-24-45(39)52(47(41)29-44(38)51)33-13-5-3-6-14-33)32-21-23-36-40-28-42-37-18-10-12-20-49(37)54-50(42)30-48(40)53(46(36)26-32)34-15-7-4-8-16-34/h3-30H,1-2H3. The molecule has 8 aromatic carbocycles. The van der Waals surface area contributed by atoms with Gasteiger partial charge in [-0.2, -0.15) is 0 Å². The number of para-hydroxylation sites is 2. The van der Waals surface area contributed by atoms with Crippen LogP contribution >= 0.6 is 11.3 Å². The minimum absolute atomic E-state index is 0.0713. The second kappa shape index (κ2) is 10.8. The summed E-state index contributed by atoms with van der Waals surface area (Å²) in [5, 5.41) is 7.78. The Bertz CT molecular complexity index is 3340. The molecule has 254 valence electrons. The molecule has 0 saturated heterocycles. The summed E-state index contributed by atoms with van der Waals surface area (Å²) in [5.74, 6) is 0. The Morgan fingerprint density at radius 2 is 0.981 bits per heavy atom. The molecule has 1 aliphatic rings. The molecule has 0 bridgehead atoms. The largest absolute Gasteiger partial charge is 0.309 e. The van der Waals surface area contributed by atoms with E-state index in [0.29, 0.717) is 0 Å². The van der Waals surface area contributed by atoms with Gasteiger partial charge >= 0.3 is 0 Å². The number of benzene rings is 8. The molecule has 0 radical (unpaired) electrons. The summed E-state index contributed by atoms with van der Waals surface area (Å²) in [6.07, 6.45) is 0. The highest BCUT2D eigenvalue weighted by molar-refractivity contribution is 7.25. The van der Waals surface area contributed by atoms with Crippen molar-refractivity contribution >= 4 is 75.1 Å². The van der Waals surface area contributed by atoms with Crippen molar-refractivity contribution in [1.29, 1.82) is 0 Å². The molecule has 0 amide bonds. The number of nitrogens with zero attached hydrogens (tertiary/aromatic N) is 2. The van der Waals surface area contributed by atoms with Gasteiger partial charge in [0.25, 0.3) is 0 Å². The van der Waals surface area contributed by atoms with E-state index in [1.165, 1.54) is 109 Å². The van der Waals surface area contributed by atoms with Crippen molar-refractivity contribution in [3.63, 3.8) is 0 Å². The molecule has 0 fully saturated rings. The Labute approximate surface area is 316 Å². The molecule has 0 saturated carbocycles. The lowest BCUT2D eigenvalue weighted by Crippen LogP contribution is -2.14. The summed E-state index contributed by atoms with van der Waals surface area (Å²) in [5.41, 5.74) is 15.1. The molecule has 3 heteroatoms. The summed E-state index contributed by atoms with van der Waals surface area (Å²) < 4.78 is 7.57. The lowest BCUT2D eigenvalue weighted by atomic mass is 9.82. The number of fused-ring (bicyclic) bond motifs is 12. The van der Waals surface area contributed by atoms with Crippen LogP contribution in [0, 0.1) is 0 Å². The molecule has 0 unspecified atom stereocenters. The van der Waals surface area contributed by atoms with E-state index in [9.17, 15) is 0 Å². The van der Waals surface area contributed by atoms with E-state index >= 15 is 0 Å². The fraction of sp³-hybridized carbons (Fsp3) is 0.0588. The van der Waals surface area contributed by atoms with Crippen molar-refractivity contribution in [3.8, 4) is 33.6 Å². The summed E-state index contributed by atoms with van der Waals surface area (Å²) in [6, 6.07) is 63.3. The van der Waals surface area contributed by atoms with Gasteiger partial charge in [0.05, 0.1) is 22.1 Å². The second-order valence-electron chi connectivity index (χ2n) is 15.4. The molecule has 0 atom stereocenters.